The molecule has 1 heterocycles. The minimum absolute atomic E-state index is 0.205. The van der Waals surface area contributed by atoms with E-state index in [-0.39, 0.29) is 5.91 Å². The number of carbonyl (C=O) groups excluding carboxylic acids is 1. The van der Waals surface area contributed by atoms with E-state index in [1.165, 1.54) is 0 Å². The molecule has 3 rings (SSSR count). The fraction of sp³-hybridized carbons (Fsp3) is 0.0588. The first-order chi connectivity index (χ1) is 11.0. The lowest BCUT2D eigenvalue weighted by Crippen LogP contribution is -2.12. The van der Waals surface area contributed by atoms with E-state index in [1.54, 1.807) is 29.1 Å². The number of nitrogens with one attached hydrogen (secondary N) is 1. The van der Waals surface area contributed by atoms with Crippen molar-refractivity contribution in [3.8, 4) is 5.69 Å². The Balaban J connectivity index is 1.77. The van der Waals surface area contributed by atoms with E-state index in [0.717, 1.165) is 15.7 Å². The van der Waals surface area contributed by atoms with Crippen molar-refractivity contribution in [3.05, 3.63) is 75.5 Å². The van der Waals surface area contributed by atoms with Gasteiger partial charge in [0.05, 0.1) is 27.1 Å². The summed E-state index contributed by atoms with van der Waals surface area (Å²) in [4.78, 5) is 12.3. The number of aryl methyl sites for hydroxylation is 1. The molecule has 0 saturated heterocycles. The van der Waals surface area contributed by atoms with Crippen molar-refractivity contribution in [1.82, 2.24) is 9.78 Å². The number of nitrogens with zero attached hydrogens (tertiary/aromatic N) is 2. The summed E-state index contributed by atoms with van der Waals surface area (Å²) in [5.41, 5.74) is 3.07. The molecule has 0 saturated carbocycles. The highest BCUT2D eigenvalue weighted by molar-refractivity contribution is 9.10. The second kappa shape index (κ2) is 6.56. The predicted octanol–water partition coefficient (Wildman–Crippen LogP) is 4.85. The summed E-state index contributed by atoms with van der Waals surface area (Å²) in [5, 5.41) is 7.54. The van der Waals surface area contributed by atoms with Crippen molar-refractivity contribution in [2.24, 2.45) is 0 Å². The number of carbonyl (C=O) groups is 1. The van der Waals surface area contributed by atoms with Crippen LogP contribution in [0.3, 0.4) is 0 Å². The fourth-order valence-corrected chi connectivity index (χ4v) is 2.69. The van der Waals surface area contributed by atoms with Gasteiger partial charge in [0.1, 0.15) is 0 Å². The number of benzene rings is 2. The van der Waals surface area contributed by atoms with Gasteiger partial charge in [0.2, 0.25) is 0 Å². The highest BCUT2D eigenvalue weighted by atomic mass is 79.9. The molecular weight excluding hydrogens is 378 g/mol. The SMILES string of the molecule is Cc1ccc(NC(=O)c2ccc(-n3cc(Br)cn3)cc2)c(Cl)c1. The molecule has 1 amide bonds. The normalized spacial score (nSPS) is 10.6. The maximum atomic E-state index is 12.3. The topological polar surface area (TPSA) is 46.9 Å². The Labute approximate surface area is 147 Å². The number of halogens is 2. The van der Waals surface area contributed by atoms with Crippen molar-refractivity contribution < 1.29 is 4.79 Å². The quantitative estimate of drug-likeness (QED) is 0.695. The molecule has 0 aliphatic heterocycles. The number of aromatic nitrogens is 2. The van der Waals surface area contributed by atoms with Crippen LogP contribution in [0, 0.1) is 6.92 Å². The van der Waals surface area contributed by atoms with Gasteiger partial charge in [-0.2, -0.15) is 5.10 Å². The van der Waals surface area contributed by atoms with Crippen molar-refractivity contribution in [2.45, 2.75) is 6.92 Å². The molecule has 0 fully saturated rings. The number of anilines is 1. The van der Waals surface area contributed by atoms with Crippen molar-refractivity contribution >= 4 is 39.1 Å². The van der Waals surface area contributed by atoms with Crippen LogP contribution in [0.2, 0.25) is 5.02 Å². The Morgan fingerprint density at radius 2 is 1.96 bits per heavy atom. The Bertz CT molecular complexity index is 859. The molecule has 0 spiro atoms. The third-order valence-electron chi connectivity index (χ3n) is 3.32. The van der Waals surface area contributed by atoms with E-state index in [9.17, 15) is 4.79 Å². The van der Waals surface area contributed by atoms with Gasteiger partial charge in [-0.05, 0) is 64.8 Å². The molecule has 3 aromatic rings. The van der Waals surface area contributed by atoms with Gasteiger partial charge in [-0.1, -0.05) is 17.7 Å². The number of amides is 1. The highest BCUT2D eigenvalue weighted by Gasteiger charge is 2.09. The van der Waals surface area contributed by atoms with Gasteiger partial charge in [0, 0.05) is 11.8 Å². The summed E-state index contributed by atoms with van der Waals surface area (Å²) in [6, 6.07) is 12.7. The molecule has 0 atom stereocenters. The monoisotopic (exact) mass is 389 g/mol. The minimum atomic E-state index is -0.205. The molecule has 1 aromatic heterocycles. The molecule has 4 nitrogen and oxygen atoms in total. The van der Waals surface area contributed by atoms with Gasteiger partial charge in [-0.25, -0.2) is 4.68 Å². The standard InChI is InChI=1S/C17H13BrClN3O/c1-11-2-7-16(15(19)8-11)21-17(23)12-3-5-14(6-4-12)22-10-13(18)9-20-22/h2-10H,1H3,(H,21,23). The molecule has 6 heteroatoms. The number of rotatable bonds is 3. The van der Waals surface area contributed by atoms with Crippen LogP contribution in [0.5, 0.6) is 0 Å². The largest absolute Gasteiger partial charge is 0.321 e. The van der Waals surface area contributed by atoms with Crippen LogP contribution in [0.1, 0.15) is 15.9 Å². The zero-order chi connectivity index (χ0) is 16.4. The lowest BCUT2D eigenvalue weighted by atomic mass is 10.1. The first kappa shape index (κ1) is 15.8. The van der Waals surface area contributed by atoms with E-state index in [4.69, 9.17) is 11.6 Å². The zero-order valence-corrected chi connectivity index (χ0v) is 14.6. The first-order valence-corrected chi connectivity index (χ1v) is 8.08. The summed E-state index contributed by atoms with van der Waals surface area (Å²) in [6.07, 6.45) is 3.56. The van der Waals surface area contributed by atoms with Crippen LogP contribution in [0.15, 0.2) is 59.3 Å². The molecule has 0 aliphatic carbocycles. The average Bonchev–Trinajstić information content (AvgIpc) is 2.97. The van der Waals surface area contributed by atoms with Crippen molar-refractivity contribution in [3.63, 3.8) is 0 Å². The summed E-state index contributed by atoms with van der Waals surface area (Å²) < 4.78 is 2.62. The summed E-state index contributed by atoms with van der Waals surface area (Å²) in [7, 11) is 0. The molecule has 0 bridgehead atoms. The van der Waals surface area contributed by atoms with Crippen LogP contribution in [0.25, 0.3) is 5.69 Å². The van der Waals surface area contributed by atoms with Crippen LogP contribution in [-0.2, 0) is 0 Å². The Kier molecular flexibility index (Phi) is 4.50. The second-order valence-corrected chi connectivity index (χ2v) is 6.41. The van der Waals surface area contributed by atoms with Gasteiger partial charge < -0.3 is 5.32 Å². The third-order valence-corrected chi connectivity index (χ3v) is 4.04. The van der Waals surface area contributed by atoms with Crippen LogP contribution in [-0.4, -0.2) is 15.7 Å². The third kappa shape index (κ3) is 3.63. The molecule has 23 heavy (non-hydrogen) atoms. The maximum absolute atomic E-state index is 12.3. The minimum Gasteiger partial charge on any atom is -0.321 e. The number of hydrogen-bond acceptors (Lipinski definition) is 2. The molecule has 1 N–H and O–H groups in total. The van der Waals surface area contributed by atoms with Gasteiger partial charge in [0.25, 0.3) is 5.91 Å². The first-order valence-electron chi connectivity index (χ1n) is 6.91. The van der Waals surface area contributed by atoms with E-state index in [0.29, 0.717) is 16.3 Å². The molecule has 0 unspecified atom stereocenters. The van der Waals surface area contributed by atoms with E-state index in [2.05, 4.69) is 26.3 Å². The Morgan fingerprint density at radius 3 is 2.57 bits per heavy atom. The number of hydrogen-bond donors (Lipinski definition) is 1. The van der Waals surface area contributed by atoms with Crippen LogP contribution in [0.4, 0.5) is 5.69 Å². The van der Waals surface area contributed by atoms with E-state index in [1.807, 2.05) is 37.4 Å². The summed E-state index contributed by atoms with van der Waals surface area (Å²) in [6.45, 7) is 1.95. The van der Waals surface area contributed by atoms with Crippen molar-refractivity contribution in [2.75, 3.05) is 5.32 Å². The highest BCUT2D eigenvalue weighted by Crippen LogP contribution is 2.23. The summed E-state index contributed by atoms with van der Waals surface area (Å²) in [5.74, 6) is -0.205. The predicted molar refractivity (Wildman–Crippen MR) is 95.4 cm³/mol. The van der Waals surface area contributed by atoms with E-state index < -0.39 is 0 Å². The average molecular weight is 391 g/mol. The van der Waals surface area contributed by atoms with Gasteiger partial charge in [-0.3, -0.25) is 4.79 Å². The van der Waals surface area contributed by atoms with Crippen molar-refractivity contribution in [1.29, 1.82) is 0 Å². The van der Waals surface area contributed by atoms with E-state index >= 15 is 0 Å². The smallest absolute Gasteiger partial charge is 0.255 e. The molecule has 0 aliphatic rings. The lowest BCUT2D eigenvalue weighted by Gasteiger charge is -2.08. The maximum Gasteiger partial charge on any atom is 0.255 e. The molecule has 116 valence electrons. The Morgan fingerprint density at radius 1 is 1.22 bits per heavy atom. The Hall–Kier alpha value is -2.11. The molecule has 0 radical (unpaired) electrons. The van der Waals surface area contributed by atoms with Crippen LogP contribution >= 0.6 is 27.5 Å². The zero-order valence-electron chi connectivity index (χ0n) is 12.3. The van der Waals surface area contributed by atoms with Gasteiger partial charge in [0.15, 0.2) is 0 Å². The van der Waals surface area contributed by atoms with Gasteiger partial charge >= 0.3 is 0 Å². The van der Waals surface area contributed by atoms with Crippen LogP contribution < -0.4 is 5.32 Å². The fourth-order valence-electron chi connectivity index (χ4n) is 2.12. The molecular formula is C17H13BrClN3O. The molecule has 2 aromatic carbocycles. The van der Waals surface area contributed by atoms with Gasteiger partial charge in [-0.15, -0.1) is 0 Å². The lowest BCUT2D eigenvalue weighted by molar-refractivity contribution is 0.102. The second-order valence-electron chi connectivity index (χ2n) is 5.09. The summed E-state index contributed by atoms with van der Waals surface area (Å²) >= 11 is 9.49.